The van der Waals surface area contributed by atoms with Gasteiger partial charge in [-0.3, -0.25) is 4.79 Å². The number of ether oxygens (including phenoxy) is 1. The Kier molecular flexibility index (Phi) is 3.86. The fourth-order valence-electron chi connectivity index (χ4n) is 3.02. The first-order chi connectivity index (χ1) is 8.50. The van der Waals surface area contributed by atoms with Crippen molar-refractivity contribution in [2.24, 2.45) is 11.8 Å². The molecule has 1 heterocycles. The molecule has 0 bridgehead atoms. The SMILES string of the molecule is Cc1cc(C)c(C(=O)C2CCOCC2C)c(C)c1. The number of Topliss-reactive ketones (excluding diaryl/α,β-unsaturated/α-hetero) is 1. The molecule has 98 valence electrons. The van der Waals surface area contributed by atoms with Crippen LogP contribution in [-0.4, -0.2) is 19.0 Å². The second-order valence-corrected chi connectivity index (χ2v) is 5.59. The minimum absolute atomic E-state index is 0.124. The van der Waals surface area contributed by atoms with E-state index in [1.807, 2.05) is 13.8 Å². The highest BCUT2D eigenvalue weighted by Gasteiger charge is 2.30. The van der Waals surface area contributed by atoms with Crippen molar-refractivity contribution in [3.05, 3.63) is 34.4 Å². The molecule has 0 amide bonds. The van der Waals surface area contributed by atoms with Gasteiger partial charge in [-0.1, -0.05) is 24.6 Å². The van der Waals surface area contributed by atoms with Gasteiger partial charge in [0.05, 0.1) is 0 Å². The number of ketones is 1. The fraction of sp³-hybridized carbons (Fsp3) is 0.562. The van der Waals surface area contributed by atoms with E-state index in [1.165, 1.54) is 5.56 Å². The lowest BCUT2D eigenvalue weighted by molar-refractivity contribution is 0.0240. The smallest absolute Gasteiger partial charge is 0.166 e. The Morgan fingerprint density at radius 1 is 1.22 bits per heavy atom. The molecule has 1 saturated heterocycles. The van der Waals surface area contributed by atoms with Crippen LogP contribution in [0, 0.1) is 32.6 Å². The van der Waals surface area contributed by atoms with Crippen molar-refractivity contribution < 1.29 is 9.53 Å². The number of hydrogen-bond acceptors (Lipinski definition) is 2. The molecule has 18 heavy (non-hydrogen) atoms. The van der Waals surface area contributed by atoms with E-state index in [4.69, 9.17) is 4.74 Å². The van der Waals surface area contributed by atoms with Gasteiger partial charge in [0.2, 0.25) is 0 Å². The van der Waals surface area contributed by atoms with Gasteiger partial charge in [0, 0.05) is 24.7 Å². The summed E-state index contributed by atoms with van der Waals surface area (Å²) in [5.74, 6) is 0.756. The molecule has 1 aromatic rings. The first-order valence-electron chi connectivity index (χ1n) is 6.70. The van der Waals surface area contributed by atoms with Gasteiger partial charge in [-0.15, -0.1) is 0 Å². The molecule has 1 aliphatic heterocycles. The number of carbonyl (C=O) groups excluding carboxylic acids is 1. The number of benzene rings is 1. The summed E-state index contributed by atoms with van der Waals surface area (Å²) in [6.07, 6.45) is 0.854. The average Bonchev–Trinajstić information content (AvgIpc) is 2.27. The Hall–Kier alpha value is -1.15. The van der Waals surface area contributed by atoms with E-state index in [0.29, 0.717) is 24.9 Å². The second kappa shape index (κ2) is 5.23. The quantitative estimate of drug-likeness (QED) is 0.747. The molecule has 2 atom stereocenters. The summed E-state index contributed by atoms with van der Waals surface area (Å²) < 4.78 is 5.43. The van der Waals surface area contributed by atoms with Crippen LogP contribution >= 0.6 is 0 Å². The van der Waals surface area contributed by atoms with Crippen LogP contribution < -0.4 is 0 Å². The molecule has 2 unspecified atom stereocenters. The fourth-order valence-corrected chi connectivity index (χ4v) is 3.02. The first kappa shape index (κ1) is 13.3. The summed E-state index contributed by atoms with van der Waals surface area (Å²) >= 11 is 0. The molecule has 2 rings (SSSR count). The maximum atomic E-state index is 12.7. The van der Waals surface area contributed by atoms with Gasteiger partial charge in [0.15, 0.2) is 5.78 Å². The largest absolute Gasteiger partial charge is 0.381 e. The first-order valence-corrected chi connectivity index (χ1v) is 6.70. The van der Waals surface area contributed by atoms with Gasteiger partial charge < -0.3 is 4.74 Å². The Morgan fingerprint density at radius 3 is 2.39 bits per heavy atom. The summed E-state index contributed by atoms with van der Waals surface area (Å²) in [6, 6.07) is 4.20. The average molecular weight is 246 g/mol. The van der Waals surface area contributed by atoms with E-state index in [0.717, 1.165) is 23.1 Å². The highest BCUT2D eigenvalue weighted by molar-refractivity contribution is 6.00. The van der Waals surface area contributed by atoms with Crippen molar-refractivity contribution in [1.82, 2.24) is 0 Å². The predicted molar refractivity (Wildman–Crippen MR) is 73.1 cm³/mol. The van der Waals surface area contributed by atoms with Gasteiger partial charge in [-0.25, -0.2) is 0 Å². The highest BCUT2D eigenvalue weighted by atomic mass is 16.5. The molecule has 0 aromatic heterocycles. The third-order valence-electron chi connectivity index (χ3n) is 3.90. The molecule has 2 heteroatoms. The van der Waals surface area contributed by atoms with Crippen LogP contribution in [0.3, 0.4) is 0 Å². The summed E-state index contributed by atoms with van der Waals surface area (Å²) in [5.41, 5.74) is 4.37. The van der Waals surface area contributed by atoms with E-state index in [-0.39, 0.29) is 5.92 Å². The topological polar surface area (TPSA) is 26.3 Å². The van der Waals surface area contributed by atoms with Crippen LogP contribution in [0.15, 0.2) is 12.1 Å². The van der Waals surface area contributed by atoms with E-state index in [1.54, 1.807) is 0 Å². The van der Waals surface area contributed by atoms with Crippen molar-refractivity contribution >= 4 is 5.78 Å². The molecule has 0 radical (unpaired) electrons. The lowest BCUT2D eigenvalue weighted by atomic mass is 9.81. The molecule has 0 aliphatic carbocycles. The predicted octanol–water partition coefficient (Wildman–Crippen LogP) is 3.47. The Balaban J connectivity index is 2.33. The van der Waals surface area contributed by atoms with Gasteiger partial charge >= 0.3 is 0 Å². The van der Waals surface area contributed by atoms with Crippen molar-refractivity contribution in [3.63, 3.8) is 0 Å². The van der Waals surface area contributed by atoms with E-state index in [9.17, 15) is 4.79 Å². The zero-order valence-electron chi connectivity index (χ0n) is 11.7. The zero-order valence-corrected chi connectivity index (χ0v) is 11.7. The third-order valence-corrected chi connectivity index (χ3v) is 3.90. The van der Waals surface area contributed by atoms with Crippen LogP contribution in [0.4, 0.5) is 0 Å². The molecule has 1 fully saturated rings. The lowest BCUT2D eigenvalue weighted by Crippen LogP contribution is -2.32. The highest BCUT2D eigenvalue weighted by Crippen LogP contribution is 2.28. The molecule has 1 aromatic carbocycles. The van der Waals surface area contributed by atoms with Gasteiger partial charge in [-0.05, 0) is 44.2 Å². The molecule has 1 aliphatic rings. The monoisotopic (exact) mass is 246 g/mol. The summed E-state index contributed by atoms with van der Waals surface area (Å²) in [6.45, 7) is 9.69. The Bertz CT molecular complexity index is 439. The third kappa shape index (κ3) is 2.49. The van der Waals surface area contributed by atoms with Crippen LogP contribution in [0.5, 0.6) is 0 Å². The molecule has 2 nitrogen and oxygen atoms in total. The number of hydrogen-bond donors (Lipinski definition) is 0. The molecular formula is C16H22O2. The molecule has 0 saturated carbocycles. The Morgan fingerprint density at radius 2 is 1.83 bits per heavy atom. The van der Waals surface area contributed by atoms with Gasteiger partial charge in [0.25, 0.3) is 0 Å². The van der Waals surface area contributed by atoms with E-state index < -0.39 is 0 Å². The molecule has 0 N–H and O–H groups in total. The maximum absolute atomic E-state index is 12.7. The van der Waals surface area contributed by atoms with E-state index in [2.05, 4.69) is 26.0 Å². The van der Waals surface area contributed by atoms with Gasteiger partial charge in [0.1, 0.15) is 0 Å². The standard InChI is InChI=1S/C16H22O2/c1-10-7-11(2)15(12(3)8-10)16(17)14-5-6-18-9-13(14)4/h7-8,13-14H,5-6,9H2,1-4H3. The minimum atomic E-state index is 0.124. The van der Waals surface area contributed by atoms with E-state index >= 15 is 0 Å². The lowest BCUT2D eigenvalue weighted by Gasteiger charge is -2.28. The van der Waals surface area contributed by atoms with Crippen LogP contribution in [0.2, 0.25) is 0 Å². The van der Waals surface area contributed by atoms with Crippen LogP contribution in [0.1, 0.15) is 40.4 Å². The summed E-state index contributed by atoms with van der Waals surface area (Å²) in [7, 11) is 0. The number of carbonyl (C=O) groups is 1. The summed E-state index contributed by atoms with van der Waals surface area (Å²) in [5, 5.41) is 0. The Labute approximate surface area is 109 Å². The normalized spacial score (nSPS) is 24.0. The molecule has 0 spiro atoms. The van der Waals surface area contributed by atoms with Crippen molar-refractivity contribution in [2.75, 3.05) is 13.2 Å². The van der Waals surface area contributed by atoms with Crippen molar-refractivity contribution in [3.8, 4) is 0 Å². The maximum Gasteiger partial charge on any atom is 0.166 e. The van der Waals surface area contributed by atoms with Crippen LogP contribution in [0.25, 0.3) is 0 Å². The van der Waals surface area contributed by atoms with Crippen LogP contribution in [-0.2, 0) is 4.74 Å². The van der Waals surface area contributed by atoms with Gasteiger partial charge in [-0.2, -0.15) is 0 Å². The zero-order chi connectivity index (χ0) is 13.3. The molecular weight excluding hydrogens is 224 g/mol. The summed E-state index contributed by atoms with van der Waals surface area (Å²) in [4.78, 5) is 12.7. The number of aryl methyl sites for hydroxylation is 3. The number of rotatable bonds is 2. The second-order valence-electron chi connectivity index (χ2n) is 5.59. The minimum Gasteiger partial charge on any atom is -0.381 e. The van der Waals surface area contributed by atoms with Crippen molar-refractivity contribution in [1.29, 1.82) is 0 Å². The van der Waals surface area contributed by atoms with Crippen molar-refractivity contribution in [2.45, 2.75) is 34.1 Å².